The van der Waals surface area contributed by atoms with Crippen molar-refractivity contribution in [3.63, 3.8) is 0 Å². The highest BCUT2D eigenvalue weighted by Crippen LogP contribution is 2.54. The first-order valence-corrected chi connectivity index (χ1v) is 9.59. The number of hydrogen-bond donors (Lipinski definition) is 1. The minimum atomic E-state index is -0.788. The van der Waals surface area contributed by atoms with Crippen LogP contribution in [0.4, 0.5) is 5.82 Å². The molecule has 8 nitrogen and oxygen atoms in total. The van der Waals surface area contributed by atoms with Gasteiger partial charge in [0.2, 0.25) is 0 Å². The van der Waals surface area contributed by atoms with Crippen LogP contribution in [-0.4, -0.2) is 41.5 Å². The Morgan fingerprint density at radius 2 is 2.00 bits per heavy atom. The van der Waals surface area contributed by atoms with E-state index >= 15 is 0 Å². The molecule has 5 rings (SSSR count). The lowest BCUT2D eigenvalue weighted by molar-refractivity contribution is -0.158. The topological polar surface area (TPSA) is 102 Å². The number of fused-ring (bicyclic) bond motifs is 2. The minimum Gasteiger partial charge on any atom is -0.458 e. The summed E-state index contributed by atoms with van der Waals surface area (Å²) < 4.78 is 30.0. The Kier molecular flexibility index (Phi) is 4.49. The van der Waals surface area contributed by atoms with Gasteiger partial charge >= 0.3 is 0 Å². The Balaban J connectivity index is 1.54. The lowest BCUT2D eigenvalue weighted by Crippen LogP contribution is -2.40. The van der Waals surface area contributed by atoms with Crippen molar-refractivity contribution in [3.8, 4) is 0 Å². The average Bonchev–Trinajstić information content (AvgIpc) is 3.35. The average molecular weight is 418 g/mol. The zero-order chi connectivity index (χ0) is 20.2. The van der Waals surface area contributed by atoms with Crippen LogP contribution in [-0.2, 0) is 18.9 Å². The molecule has 2 aromatic heterocycles. The van der Waals surface area contributed by atoms with Crippen LogP contribution in [0.5, 0.6) is 0 Å². The minimum absolute atomic E-state index is 0.275. The van der Waals surface area contributed by atoms with Crippen molar-refractivity contribution in [1.82, 2.24) is 9.97 Å². The Morgan fingerprint density at radius 3 is 2.76 bits per heavy atom. The molecule has 0 spiro atoms. The highest BCUT2D eigenvalue weighted by Gasteiger charge is 2.62. The summed E-state index contributed by atoms with van der Waals surface area (Å²) in [4.78, 5) is 8.32. The molecule has 0 bridgehead atoms. The molecule has 9 heteroatoms. The van der Waals surface area contributed by atoms with Crippen molar-refractivity contribution in [2.24, 2.45) is 0 Å². The Labute approximate surface area is 171 Å². The van der Waals surface area contributed by atoms with Crippen LogP contribution >= 0.6 is 11.6 Å². The predicted molar refractivity (Wildman–Crippen MR) is 104 cm³/mol. The zero-order valence-corrected chi connectivity index (χ0v) is 16.6. The highest BCUT2D eigenvalue weighted by atomic mass is 35.5. The second kappa shape index (κ2) is 6.93. The highest BCUT2D eigenvalue weighted by molar-refractivity contribution is 6.30. The number of benzene rings is 1. The summed E-state index contributed by atoms with van der Waals surface area (Å²) in [6, 6.07) is 7.40. The molecule has 1 aromatic carbocycles. The first-order chi connectivity index (χ1) is 14.0. The van der Waals surface area contributed by atoms with Gasteiger partial charge < -0.3 is 29.1 Å². The lowest BCUT2D eigenvalue weighted by atomic mass is 9.89. The summed E-state index contributed by atoms with van der Waals surface area (Å²) in [6.07, 6.45) is 1.29. The molecule has 0 radical (unpaired) electrons. The standard InChI is InChI=1S/C20H20ClN3O5/c1-20-16(12-7-26-15-14(12)23-9-24-18(15)22)27-13(8-25-2)17(20)28-19(29-20)10-3-5-11(21)6-4-10/h3-7,9,13,16-17,19H,8H2,1-2H3,(H2,22,23,24)/t13-,16+,17-,19?,20+/m1/s1. The third kappa shape index (κ3) is 2.91. The third-order valence-corrected chi connectivity index (χ3v) is 5.78. The number of halogens is 1. The number of rotatable bonds is 4. The maximum Gasteiger partial charge on any atom is 0.194 e. The number of furan rings is 1. The molecule has 2 aliphatic rings. The second-order valence-electron chi connectivity index (χ2n) is 7.38. The van der Waals surface area contributed by atoms with Gasteiger partial charge in [-0.1, -0.05) is 23.7 Å². The van der Waals surface area contributed by atoms with Gasteiger partial charge in [-0.25, -0.2) is 9.97 Å². The molecule has 2 aliphatic heterocycles. The number of anilines is 1. The summed E-state index contributed by atoms with van der Waals surface area (Å²) in [6.45, 7) is 2.33. The van der Waals surface area contributed by atoms with Gasteiger partial charge in [-0.2, -0.15) is 0 Å². The van der Waals surface area contributed by atoms with Crippen LogP contribution < -0.4 is 5.73 Å². The van der Waals surface area contributed by atoms with Gasteiger partial charge in [0, 0.05) is 23.3 Å². The maximum atomic E-state index is 6.43. The summed E-state index contributed by atoms with van der Waals surface area (Å²) in [7, 11) is 1.63. The molecule has 152 valence electrons. The molecule has 0 saturated carbocycles. The first kappa shape index (κ1) is 18.8. The lowest BCUT2D eigenvalue weighted by Gasteiger charge is -2.27. The van der Waals surface area contributed by atoms with E-state index in [4.69, 9.17) is 40.7 Å². The van der Waals surface area contributed by atoms with Gasteiger partial charge in [0.15, 0.2) is 17.7 Å². The third-order valence-electron chi connectivity index (χ3n) is 5.53. The smallest absolute Gasteiger partial charge is 0.194 e. The van der Waals surface area contributed by atoms with Gasteiger partial charge in [-0.05, 0) is 19.1 Å². The molecule has 5 atom stereocenters. The molecule has 2 N–H and O–H groups in total. The van der Waals surface area contributed by atoms with Crippen LogP contribution in [0.1, 0.15) is 30.4 Å². The molecule has 4 heterocycles. The molecule has 29 heavy (non-hydrogen) atoms. The number of methoxy groups -OCH3 is 1. The Bertz CT molecular complexity index is 1040. The molecular formula is C20H20ClN3O5. The first-order valence-electron chi connectivity index (χ1n) is 9.22. The van der Waals surface area contributed by atoms with E-state index < -0.39 is 18.0 Å². The molecular weight excluding hydrogens is 398 g/mol. The number of ether oxygens (including phenoxy) is 4. The molecule has 2 fully saturated rings. The van der Waals surface area contributed by atoms with Gasteiger partial charge in [-0.15, -0.1) is 0 Å². The summed E-state index contributed by atoms with van der Waals surface area (Å²) in [5.41, 5.74) is 7.77. The van der Waals surface area contributed by atoms with Crippen molar-refractivity contribution in [3.05, 3.63) is 53.0 Å². The molecule has 2 saturated heterocycles. The normalized spacial score (nSPS) is 31.4. The van der Waals surface area contributed by atoms with Gasteiger partial charge in [0.25, 0.3) is 0 Å². The van der Waals surface area contributed by atoms with Gasteiger partial charge in [0.1, 0.15) is 35.8 Å². The van der Waals surface area contributed by atoms with E-state index in [1.807, 2.05) is 31.2 Å². The molecule has 3 aromatic rings. The van der Waals surface area contributed by atoms with Gasteiger partial charge in [0.05, 0.1) is 12.9 Å². The number of nitrogen functional groups attached to an aromatic ring is 1. The number of nitrogens with two attached hydrogens (primary N) is 1. The fraction of sp³-hybridized carbons (Fsp3) is 0.400. The van der Waals surface area contributed by atoms with Gasteiger partial charge in [-0.3, -0.25) is 0 Å². The summed E-state index contributed by atoms with van der Waals surface area (Å²) in [5.74, 6) is 0.275. The monoisotopic (exact) mass is 417 g/mol. The van der Waals surface area contributed by atoms with Crippen LogP contribution in [0.15, 0.2) is 41.3 Å². The maximum absolute atomic E-state index is 6.43. The van der Waals surface area contributed by atoms with E-state index in [0.29, 0.717) is 22.7 Å². The van der Waals surface area contributed by atoms with Crippen molar-refractivity contribution < 1.29 is 23.4 Å². The number of aromatic nitrogens is 2. The van der Waals surface area contributed by atoms with E-state index in [1.54, 1.807) is 13.4 Å². The molecule has 1 unspecified atom stereocenters. The fourth-order valence-corrected chi connectivity index (χ4v) is 4.28. The van der Waals surface area contributed by atoms with Crippen molar-refractivity contribution in [2.45, 2.75) is 37.1 Å². The van der Waals surface area contributed by atoms with E-state index in [1.165, 1.54) is 6.33 Å². The molecule has 0 amide bonds. The molecule has 0 aliphatic carbocycles. The van der Waals surface area contributed by atoms with E-state index in [0.717, 1.165) is 11.1 Å². The Morgan fingerprint density at radius 1 is 1.21 bits per heavy atom. The van der Waals surface area contributed by atoms with Crippen LogP contribution in [0, 0.1) is 0 Å². The van der Waals surface area contributed by atoms with Crippen molar-refractivity contribution in [2.75, 3.05) is 19.5 Å². The van der Waals surface area contributed by atoms with E-state index in [9.17, 15) is 0 Å². The summed E-state index contributed by atoms with van der Waals surface area (Å²) in [5, 5.41) is 0.652. The van der Waals surface area contributed by atoms with Crippen molar-refractivity contribution in [1.29, 1.82) is 0 Å². The Hall–Kier alpha value is -2.23. The SMILES string of the molecule is COC[C@H]1O[C@@H](c2coc3c(N)ncnc23)[C@]2(C)OC(c3ccc(Cl)cc3)O[C@H]12. The largest absolute Gasteiger partial charge is 0.458 e. The number of hydrogen-bond acceptors (Lipinski definition) is 8. The zero-order valence-electron chi connectivity index (χ0n) is 15.9. The van der Waals surface area contributed by atoms with Crippen LogP contribution in [0.3, 0.4) is 0 Å². The quantitative estimate of drug-likeness (QED) is 0.688. The van der Waals surface area contributed by atoms with Crippen LogP contribution in [0.25, 0.3) is 11.1 Å². The predicted octanol–water partition coefficient (Wildman–Crippen LogP) is 3.42. The van der Waals surface area contributed by atoms with Crippen molar-refractivity contribution >= 4 is 28.5 Å². The van der Waals surface area contributed by atoms with E-state index in [2.05, 4.69) is 9.97 Å². The second-order valence-corrected chi connectivity index (χ2v) is 7.82. The van der Waals surface area contributed by atoms with Crippen LogP contribution in [0.2, 0.25) is 5.02 Å². The number of nitrogens with zero attached hydrogens (tertiary/aromatic N) is 2. The fourth-order valence-electron chi connectivity index (χ4n) is 4.16. The van der Waals surface area contributed by atoms with E-state index in [-0.39, 0.29) is 18.0 Å². The summed E-state index contributed by atoms with van der Waals surface area (Å²) >= 11 is 6.01.